The van der Waals surface area contributed by atoms with Crippen molar-refractivity contribution in [3.63, 3.8) is 0 Å². The van der Waals surface area contributed by atoms with E-state index in [0.29, 0.717) is 34.6 Å². The number of ether oxygens (including phenoxy) is 1. The van der Waals surface area contributed by atoms with E-state index in [1.807, 2.05) is 6.07 Å². The van der Waals surface area contributed by atoms with Gasteiger partial charge in [-0.2, -0.15) is 4.98 Å². The van der Waals surface area contributed by atoms with E-state index in [2.05, 4.69) is 50.9 Å². The molecule has 1 atom stereocenters. The van der Waals surface area contributed by atoms with Crippen molar-refractivity contribution in [1.29, 1.82) is 0 Å². The van der Waals surface area contributed by atoms with E-state index < -0.39 is 23.8 Å². The molecule has 2 saturated heterocycles. The maximum Gasteiger partial charge on any atom is 0.266 e. The minimum absolute atomic E-state index is 0.0568. The van der Waals surface area contributed by atoms with Gasteiger partial charge in [0.05, 0.1) is 17.0 Å². The molecule has 5 rings (SSSR count). The van der Waals surface area contributed by atoms with Crippen LogP contribution in [0, 0.1) is 12.7 Å². The normalized spacial score (nSPS) is 18.2. The van der Waals surface area contributed by atoms with E-state index in [1.165, 1.54) is 12.1 Å². The lowest BCUT2D eigenvalue weighted by Gasteiger charge is -2.40. The fourth-order valence-corrected chi connectivity index (χ4v) is 5.27. The molecule has 0 radical (unpaired) electrons. The van der Waals surface area contributed by atoms with Crippen LogP contribution in [-0.4, -0.2) is 83.2 Å². The van der Waals surface area contributed by atoms with Gasteiger partial charge in [0.15, 0.2) is 5.65 Å². The van der Waals surface area contributed by atoms with Crippen molar-refractivity contribution in [2.75, 3.05) is 56.5 Å². The molecule has 1 aromatic carbocycles. The molecule has 2 aliphatic rings. The van der Waals surface area contributed by atoms with Crippen LogP contribution in [0.5, 0.6) is 5.88 Å². The zero-order valence-electron chi connectivity index (χ0n) is 23.1. The van der Waals surface area contributed by atoms with E-state index >= 15 is 0 Å². The fourth-order valence-electron chi connectivity index (χ4n) is 5.27. The van der Waals surface area contributed by atoms with Gasteiger partial charge < -0.3 is 15.0 Å². The quantitative estimate of drug-likeness (QED) is 0.434. The van der Waals surface area contributed by atoms with Crippen LogP contribution in [0.3, 0.4) is 0 Å². The maximum absolute atomic E-state index is 14.9. The molecular weight excluding hydrogens is 507 g/mol. The Morgan fingerprint density at radius 1 is 1.00 bits per heavy atom. The Morgan fingerprint density at radius 3 is 2.33 bits per heavy atom. The number of piperazine rings is 1. The number of likely N-dealkylation sites (N-methyl/N-ethyl adjacent to an activating group) is 1. The average Bonchev–Trinajstić information content (AvgIpc) is 2.87. The Kier molecular flexibility index (Phi) is 7.82. The minimum Gasteiger partial charge on any atom is -0.470 e. The van der Waals surface area contributed by atoms with Gasteiger partial charge in [0.1, 0.15) is 29.3 Å². The number of nitrogens with one attached hydrogen (secondary N) is 1. The average molecular weight is 544 g/mol. The lowest BCUT2D eigenvalue weighted by Crippen LogP contribution is -2.52. The summed E-state index contributed by atoms with van der Waals surface area (Å²) in [5.74, 6) is 0.590. The van der Waals surface area contributed by atoms with Crippen molar-refractivity contribution in [3.05, 3.63) is 47.0 Å². The highest BCUT2D eigenvalue weighted by atomic mass is 19.3. The molecule has 0 amide bonds. The van der Waals surface area contributed by atoms with Crippen molar-refractivity contribution in [2.24, 2.45) is 0 Å². The number of halogens is 3. The first kappa shape index (κ1) is 27.4. The van der Waals surface area contributed by atoms with Gasteiger partial charge in [-0.05, 0) is 40.8 Å². The van der Waals surface area contributed by atoms with Gasteiger partial charge in [-0.1, -0.05) is 18.2 Å². The molecule has 2 aromatic heterocycles. The Labute approximate surface area is 227 Å². The smallest absolute Gasteiger partial charge is 0.266 e. The Bertz CT molecular complexity index is 1320. The van der Waals surface area contributed by atoms with E-state index in [0.717, 1.165) is 51.0 Å². The highest BCUT2D eigenvalue weighted by Crippen LogP contribution is 2.36. The van der Waals surface area contributed by atoms with Crippen molar-refractivity contribution in [3.8, 4) is 5.88 Å². The number of alkyl halides is 2. The zero-order chi connectivity index (χ0) is 27.8. The van der Waals surface area contributed by atoms with E-state index in [4.69, 9.17) is 9.72 Å². The predicted octanol–water partition coefficient (Wildman–Crippen LogP) is 4.81. The Balaban J connectivity index is 1.51. The van der Waals surface area contributed by atoms with Crippen LogP contribution in [0.25, 0.3) is 11.0 Å². The topological polar surface area (TPSA) is 69.7 Å². The number of aryl methyl sites for hydroxylation is 1. The lowest BCUT2D eigenvalue weighted by molar-refractivity contribution is 0.0360. The highest BCUT2D eigenvalue weighted by Gasteiger charge is 2.30. The zero-order valence-corrected chi connectivity index (χ0v) is 23.1. The van der Waals surface area contributed by atoms with Crippen LogP contribution in [0.2, 0.25) is 0 Å². The van der Waals surface area contributed by atoms with Gasteiger partial charge in [-0.3, -0.25) is 9.80 Å². The second-order valence-electron chi connectivity index (χ2n) is 10.8. The molecule has 3 aromatic rings. The molecule has 0 spiro atoms. The molecule has 8 nitrogen and oxygen atoms in total. The number of anilines is 2. The maximum atomic E-state index is 14.9. The SMILES string of the molecule is Cc1nc(N[C@H](C)c2cccc(C(F)F)c2F)c2cc(N3CCN(C(C)C)CC3)c(OC3CN(C)C3)nc2n1. The second-order valence-corrected chi connectivity index (χ2v) is 10.8. The van der Waals surface area contributed by atoms with Gasteiger partial charge in [0.2, 0.25) is 5.88 Å². The van der Waals surface area contributed by atoms with Crippen molar-refractivity contribution in [1.82, 2.24) is 24.8 Å². The largest absolute Gasteiger partial charge is 0.470 e. The number of pyridine rings is 1. The van der Waals surface area contributed by atoms with Crippen molar-refractivity contribution < 1.29 is 17.9 Å². The molecule has 2 aliphatic heterocycles. The minimum atomic E-state index is -2.89. The Hall–Kier alpha value is -3.18. The monoisotopic (exact) mass is 543 g/mol. The number of aromatic nitrogens is 3. The van der Waals surface area contributed by atoms with Crippen molar-refractivity contribution in [2.45, 2.75) is 52.3 Å². The third-order valence-electron chi connectivity index (χ3n) is 7.55. The molecule has 0 unspecified atom stereocenters. The summed E-state index contributed by atoms with van der Waals surface area (Å²) < 4.78 is 47.9. The van der Waals surface area contributed by atoms with Crippen LogP contribution in [0.1, 0.15) is 50.2 Å². The molecule has 39 heavy (non-hydrogen) atoms. The molecule has 1 N–H and O–H groups in total. The van der Waals surface area contributed by atoms with Gasteiger partial charge in [-0.25, -0.2) is 23.1 Å². The molecule has 0 bridgehead atoms. The third-order valence-corrected chi connectivity index (χ3v) is 7.55. The summed E-state index contributed by atoms with van der Waals surface area (Å²) in [6, 6.07) is 5.90. The third kappa shape index (κ3) is 5.74. The number of hydrogen-bond acceptors (Lipinski definition) is 8. The molecule has 2 fully saturated rings. The summed E-state index contributed by atoms with van der Waals surface area (Å²) in [4.78, 5) is 20.9. The van der Waals surface area contributed by atoms with Crippen LogP contribution in [0.15, 0.2) is 24.3 Å². The molecule has 4 heterocycles. The number of nitrogens with zero attached hydrogens (tertiary/aromatic N) is 6. The van der Waals surface area contributed by atoms with Crippen LogP contribution < -0.4 is 15.0 Å². The molecule has 0 aliphatic carbocycles. The highest BCUT2D eigenvalue weighted by molar-refractivity contribution is 5.90. The molecule has 11 heteroatoms. The summed E-state index contributed by atoms with van der Waals surface area (Å²) in [5, 5.41) is 3.90. The summed E-state index contributed by atoms with van der Waals surface area (Å²) in [7, 11) is 2.05. The standard InChI is InChI=1S/C28H36F3N7O/c1-16(2)37-9-11-38(12-10-37)23-13-22-26(32-17(3)20-7-6-8-21(24(20)29)25(30)31)33-18(4)34-27(22)35-28(23)39-19-14-36(5)15-19/h6-8,13,16-17,19,25H,9-12,14-15H2,1-5H3,(H,32,33,34,35)/t17-/m1/s1. The van der Waals surface area contributed by atoms with Crippen LogP contribution >= 0.6 is 0 Å². The van der Waals surface area contributed by atoms with Gasteiger partial charge in [0.25, 0.3) is 6.43 Å². The Morgan fingerprint density at radius 2 is 1.69 bits per heavy atom. The van der Waals surface area contributed by atoms with Crippen molar-refractivity contribution >= 4 is 22.5 Å². The van der Waals surface area contributed by atoms with Gasteiger partial charge in [-0.15, -0.1) is 0 Å². The summed E-state index contributed by atoms with van der Waals surface area (Å²) in [6.07, 6.45) is -2.84. The molecule has 0 saturated carbocycles. The molecular formula is C28H36F3N7O. The summed E-state index contributed by atoms with van der Waals surface area (Å²) >= 11 is 0. The van der Waals surface area contributed by atoms with E-state index in [9.17, 15) is 13.2 Å². The van der Waals surface area contributed by atoms with E-state index in [1.54, 1.807) is 13.8 Å². The first-order valence-electron chi connectivity index (χ1n) is 13.5. The number of likely N-dealkylation sites (tertiary alicyclic amines) is 1. The fraction of sp³-hybridized carbons (Fsp3) is 0.536. The van der Waals surface area contributed by atoms with E-state index in [-0.39, 0.29) is 11.7 Å². The van der Waals surface area contributed by atoms with Gasteiger partial charge in [0, 0.05) is 50.9 Å². The van der Waals surface area contributed by atoms with Gasteiger partial charge >= 0.3 is 0 Å². The van der Waals surface area contributed by atoms with Crippen LogP contribution in [0.4, 0.5) is 24.7 Å². The summed E-state index contributed by atoms with van der Waals surface area (Å²) in [5.41, 5.74) is 0.864. The first-order chi connectivity index (χ1) is 18.6. The molecule has 210 valence electrons. The lowest BCUT2D eigenvalue weighted by atomic mass is 10.0. The number of fused-ring (bicyclic) bond motifs is 1. The first-order valence-corrected chi connectivity index (χ1v) is 13.5. The number of hydrogen-bond donors (Lipinski definition) is 1. The number of rotatable bonds is 8. The second kappa shape index (κ2) is 11.1. The predicted molar refractivity (Wildman–Crippen MR) is 146 cm³/mol. The van der Waals surface area contributed by atoms with Crippen LogP contribution in [-0.2, 0) is 0 Å². The summed E-state index contributed by atoms with van der Waals surface area (Å²) in [6.45, 7) is 13.0. The number of benzene rings is 1.